The monoisotopic (exact) mass is 306 g/mol. The molecule has 0 heterocycles. The van der Waals surface area contributed by atoms with Crippen LogP contribution in [-0.2, 0) is 9.59 Å². The van der Waals surface area contributed by atoms with Gasteiger partial charge >= 0.3 is 0 Å². The second-order valence-corrected chi connectivity index (χ2v) is 5.51. The molecular formula is C17H26N2O3. The van der Waals surface area contributed by atoms with E-state index in [1.54, 1.807) is 18.2 Å². The van der Waals surface area contributed by atoms with Crippen LogP contribution in [0.15, 0.2) is 18.2 Å². The maximum atomic E-state index is 12.0. The van der Waals surface area contributed by atoms with Crippen molar-refractivity contribution in [2.24, 2.45) is 11.8 Å². The van der Waals surface area contributed by atoms with Gasteiger partial charge in [0.2, 0.25) is 11.8 Å². The largest absolute Gasteiger partial charge is 0.494 e. The zero-order valence-corrected chi connectivity index (χ0v) is 14.0. The van der Waals surface area contributed by atoms with E-state index in [4.69, 9.17) is 4.74 Å². The normalized spacial score (nSPS) is 13.1. The number of carbonyl (C=O) groups is 2. The number of benzene rings is 1. The number of nitrogens with one attached hydrogen (secondary N) is 2. The number of methoxy groups -OCH3 is 1. The topological polar surface area (TPSA) is 67.4 Å². The highest BCUT2D eigenvalue weighted by Crippen LogP contribution is 2.28. The molecule has 2 N–H and O–H groups in total. The standard InChI is InChI=1S/C17H26N2O3/c1-6-11(3)16(20)18-13-8-9-14(15(10-13)22-5)19-17(21)12(4)7-2/h8-12H,6-7H2,1-5H3,(H,18,20)(H,19,21). The fraction of sp³-hybridized carbons (Fsp3) is 0.529. The highest BCUT2D eigenvalue weighted by Gasteiger charge is 2.15. The van der Waals surface area contributed by atoms with Gasteiger partial charge in [0.1, 0.15) is 5.75 Å². The third kappa shape index (κ3) is 4.76. The van der Waals surface area contributed by atoms with Gasteiger partial charge in [-0.1, -0.05) is 27.7 Å². The second kappa shape index (κ2) is 8.41. The maximum Gasteiger partial charge on any atom is 0.227 e. The van der Waals surface area contributed by atoms with Crippen LogP contribution >= 0.6 is 0 Å². The van der Waals surface area contributed by atoms with Gasteiger partial charge in [-0.15, -0.1) is 0 Å². The van der Waals surface area contributed by atoms with Crippen LogP contribution in [0.1, 0.15) is 40.5 Å². The molecule has 0 saturated carbocycles. The number of carbonyl (C=O) groups excluding carboxylic acids is 2. The van der Waals surface area contributed by atoms with Crippen molar-refractivity contribution in [1.29, 1.82) is 0 Å². The van der Waals surface area contributed by atoms with Gasteiger partial charge in [0.25, 0.3) is 0 Å². The van der Waals surface area contributed by atoms with E-state index < -0.39 is 0 Å². The Kier molecular flexibility index (Phi) is 6.89. The van der Waals surface area contributed by atoms with Crippen LogP contribution in [0.4, 0.5) is 11.4 Å². The summed E-state index contributed by atoms with van der Waals surface area (Å²) in [4.78, 5) is 23.9. The number of hydrogen-bond donors (Lipinski definition) is 2. The summed E-state index contributed by atoms with van der Waals surface area (Å²) in [5.74, 6) is 0.349. The Balaban J connectivity index is 2.87. The summed E-state index contributed by atoms with van der Waals surface area (Å²) in [5.41, 5.74) is 1.26. The van der Waals surface area contributed by atoms with E-state index >= 15 is 0 Å². The molecule has 5 heteroatoms. The van der Waals surface area contributed by atoms with Crippen molar-refractivity contribution >= 4 is 23.2 Å². The van der Waals surface area contributed by atoms with Gasteiger partial charge in [0, 0.05) is 23.6 Å². The summed E-state index contributed by atoms with van der Waals surface area (Å²) < 4.78 is 5.30. The van der Waals surface area contributed by atoms with Gasteiger partial charge in [0.05, 0.1) is 12.8 Å². The van der Waals surface area contributed by atoms with Crippen molar-refractivity contribution < 1.29 is 14.3 Å². The lowest BCUT2D eigenvalue weighted by Gasteiger charge is -2.15. The molecule has 0 radical (unpaired) electrons. The van der Waals surface area contributed by atoms with E-state index in [2.05, 4.69) is 10.6 Å². The lowest BCUT2D eigenvalue weighted by molar-refractivity contribution is -0.120. The molecule has 1 rings (SSSR count). The molecule has 22 heavy (non-hydrogen) atoms. The summed E-state index contributed by atoms with van der Waals surface area (Å²) in [6.07, 6.45) is 1.56. The Morgan fingerprint density at radius 3 is 2.09 bits per heavy atom. The van der Waals surface area contributed by atoms with Crippen molar-refractivity contribution in [2.45, 2.75) is 40.5 Å². The van der Waals surface area contributed by atoms with Crippen molar-refractivity contribution in [2.75, 3.05) is 17.7 Å². The minimum absolute atomic E-state index is 0.0269. The molecule has 0 aliphatic rings. The average Bonchev–Trinajstić information content (AvgIpc) is 2.54. The van der Waals surface area contributed by atoms with Gasteiger partial charge in [-0.2, -0.15) is 0 Å². The molecule has 2 unspecified atom stereocenters. The minimum Gasteiger partial charge on any atom is -0.494 e. The molecule has 0 saturated heterocycles. The molecule has 0 aliphatic carbocycles. The number of amides is 2. The first kappa shape index (κ1) is 18.0. The van der Waals surface area contributed by atoms with Crippen molar-refractivity contribution in [3.05, 3.63) is 18.2 Å². The lowest BCUT2D eigenvalue weighted by atomic mass is 10.1. The Bertz CT molecular complexity index is 529. The van der Waals surface area contributed by atoms with E-state index in [0.717, 1.165) is 12.8 Å². The predicted molar refractivity (Wildman–Crippen MR) is 89.2 cm³/mol. The van der Waals surface area contributed by atoms with Gasteiger partial charge in [-0.3, -0.25) is 9.59 Å². The van der Waals surface area contributed by atoms with E-state index in [9.17, 15) is 9.59 Å². The number of hydrogen-bond acceptors (Lipinski definition) is 3. The Morgan fingerprint density at radius 1 is 1.05 bits per heavy atom. The predicted octanol–water partition coefficient (Wildman–Crippen LogP) is 3.66. The lowest BCUT2D eigenvalue weighted by Crippen LogP contribution is -2.21. The first-order valence-electron chi connectivity index (χ1n) is 7.72. The van der Waals surface area contributed by atoms with Crippen LogP contribution in [0.25, 0.3) is 0 Å². The first-order chi connectivity index (χ1) is 10.4. The van der Waals surface area contributed by atoms with Crippen molar-refractivity contribution in [3.8, 4) is 5.75 Å². The molecule has 5 nitrogen and oxygen atoms in total. The summed E-state index contributed by atoms with van der Waals surface area (Å²) in [5, 5.41) is 5.70. The van der Waals surface area contributed by atoms with Gasteiger partial charge < -0.3 is 15.4 Å². The molecule has 0 fully saturated rings. The Hall–Kier alpha value is -2.04. The molecule has 1 aromatic rings. The van der Waals surface area contributed by atoms with Gasteiger partial charge in [0.15, 0.2) is 0 Å². The van der Waals surface area contributed by atoms with Crippen LogP contribution in [0.3, 0.4) is 0 Å². The molecule has 0 spiro atoms. The fourth-order valence-corrected chi connectivity index (χ4v) is 1.76. The summed E-state index contributed by atoms with van der Waals surface area (Å²) in [6, 6.07) is 5.22. The first-order valence-corrected chi connectivity index (χ1v) is 7.72. The van der Waals surface area contributed by atoms with Crippen LogP contribution < -0.4 is 15.4 Å². The molecular weight excluding hydrogens is 280 g/mol. The highest BCUT2D eigenvalue weighted by atomic mass is 16.5. The summed E-state index contributed by atoms with van der Waals surface area (Å²) in [7, 11) is 1.54. The molecule has 122 valence electrons. The van der Waals surface area contributed by atoms with Crippen LogP contribution in [0.2, 0.25) is 0 Å². The number of anilines is 2. The zero-order chi connectivity index (χ0) is 16.7. The molecule has 2 atom stereocenters. The summed E-state index contributed by atoms with van der Waals surface area (Å²) >= 11 is 0. The molecule has 2 amide bonds. The summed E-state index contributed by atoms with van der Waals surface area (Å²) in [6.45, 7) is 7.70. The molecule has 0 bridgehead atoms. The van der Waals surface area contributed by atoms with E-state index in [1.807, 2.05) is 27.7 Å². The zero-order valence-electron chi connectivity index (χ0n) is 14.0. The highest BCUT2D eigenvalue weighted by molar-refractivity contribution is 5.96. The van der Waals surface area contributed by atoms with Crippen LogP contribution in [-0.4, -0.2) is 18.9 Å². The molecule has 0 aliphatic heterocycles. The van der Waals surface area contributed by atoms with E-state index in [1.165, 1.54) is 7.11 Å². The van der Waals surface area contributed by atoms with Crippen molar-refractivity contribution in [1.82, 2.24) is 0 Å². The fourth-order valence-electron chi connectivity index (χ4n) is 1.76. The Morgan fingerprint density at radius 2 is 1.59 bits per heavy atom. The third-order valence-corrected chi connectivity index (χ3v) is 3.85. The molecule has 0 aromatic heterocycles. The van der Waals surface area contributed by atoms with Crippen LogP contribution in [0, 0.1) is 11.8 Å². The molecule has 1 aromatic carbocycles. The minimum atomic E-state index is -0.0607. The number of rotatable bonds is 7. The average molecular weight is 306 g/mol. The van der Waals surface area contributed by atoms with E-state index in [-0.39, 0.29) is 23.7 Å². The maximum absolute atomic E-state index is 12.0. The smallest absolute Gasteiger partial charge is 0.227 e. The second-order valence-electron chi connectivity index (χ2n) is 5.51. The number of ether oxygens (including phenoxy) is 1. The SMILES string of the molecule is CCC(C)C(=O)Nc1ccc(NC(=O)C(C)CC)c(OC)c1. The van der Waals surface area contributed by atoms with Gasteiger partial charge in [-0.25, -0.2) is 0 Å². The van der Waals surface area contributed by atoms with Gasteiger partial charge in [-0.05, 0) is 25.0 Å². The third-order valence-electron chi connectivity index (χ3n) is 3.85. The Labute approximate surface area is 132 Å². The van der Waals surface area contributed by atoms with Crippen molar-refractivity contribution in [3.63, 3.8) is 0 Å². The quantitative estimate of drug-likeness (QED) is 0.807. The van der Waals surface area contributed by atoms with E-state index in [0.29, 0.717) is 17.1 Å². The van der Waals surface area contributed by atoms with Crippen LogP contribution in [0.5, 0.6) is 5.75 Å².